The Bertz CT molecular complexity index is 994. The molecule has 32 heavy (non-hydrogen) atoms. The Morgan fingerprint density at radius 3 is 1.16 bits per heavy atom. The van der Waals surface area contributed by atoms with Crippen molar-refractivity contribution in [2.24, 2.45) is 0 Å². The molecule has 2 atom stereocenters. The van der Waals surface area contributed by atoms with Crippen LogP contribution in [0, 0.1) is 0 Å². The van der Waals surface area contributed by atoms with E-state index >= 15 is 0 Å². The number of para-hydroxylation sites is 2. The molecular formula is C29H28N2O. The molecule has 0 bridgehead atoms. The second-order valence-electron chi connectivity index (χ2n) is 7.89. The van der Waals surface area contributed by atoms with Crippen LogP contribution >= 0.6 is 0 Å². The Kier molecular flexibility index (Phi) is 7.33. The number of hydrogen-bond donors (Lipinski definition) is 2. The van der Waals surface area contributed by atoms with Crippen LogP contribution < -0.4 is 10.6 Å². The number of carbonyl (C=O) groups excluding carboxylic acids is 1. The van der Waals surface area contributed by atoms with Crippen LogP contribution in [0.1, 0.15) is 36.1 Å². The van der Waals surface area contributed by atoms with E-state index in [-0.39, 0.29) is 17.9 Å². The number of anilines is 2. The second kappa shape index (κ2) is 11.0. The normalized spacial score (nSPS) is 12.5. The lowest BCUT2D eigenvalue weighted by molar-refractivity contribution is -0.119. The van der Waals surface area contributed by atoms with Gasteiger partial charge in [0.25, 0.3) is 0 Å². The fourth-order valence-corrected chi connectivity index (χ4v) is 3.88. The van der Waals surface area contributed by atoms with E-state index in [1.165, 1.54) is 0 Å². The lowest BCUT2D eigenvalue weighted by atomic mass is 9.95. The minimum absolute atomic E-state index is 0.0840. The highest BCUT2D eigenvalue weighted by molar-refractivity contribution is 5.81. The Morgan fingerprint density at radius 2 is 0.812 bits per heavy atom. The summed E-state index contributed by atoms with van der Waals surface area (Å²) in [6, 6.07) is 40.3. The van der Waals surface area contributed by atoms with Crippen molar-refractivity contribution in [3.63, 3.8) is 0 Å². The third kappa shape index (κ3) is 6.08. The van der Waals surface area contributed by atoms with Gasteiger partial charge < -0.3 is 10.6 Å². The monoisotopic (exact) mass is 420 g/mol. The van der Waals surface area contributed by atoms with Gasteiger partial charge in [0.1, 0.15) is 5.78 Å². The number of carbonyl (C=O) groups is 1. The summed E-state index contributed by atoms with van der Waals surface area (Å²) in [6.45, 7) is 0. The summed E-state index contributed by atoms with van der Waals surface area (Å²) in [5.41, 5.74) is 4.24. The maximum atomic E-state index is 13.3. The smallest absolute Gasteiger partial charge is 0.137 e. The third-order valence-electron chi connectivity index (χ3n) is 5.50. The summed E-state index contributed by atoms with van der Waals surface area (Å²) >= 11 is 0. The van der Waals surface area contributed by atoms with Gasteiger partial charge in [0.15, 0.2) is 0 Å². The van der Waals surface area contributed by atoms with Gasteiger partial charge in [0, 0.05) is 24.2 Å². The summed E-state index contributed by atoms with van der Waals surface area (Å²) in [5, 5.41) is 7.10. The molecule has 0 heterocycles. The van der Waals surface area contributed by atoms with Crippen LogP contribution in [0.5, 0.6) is 0 Å². The quantitative estimate of drug-likeness (QED) is 0.289. The average molecular weight is 421 g/mol. The lowest BCUT2D eigenvalue weighted by Crippen LogP contribution is -2.20. The van der Waals surface area contributed by atoms with Crippen molar-refractivity contribution in [3.05, 3.63) is 132 Å². The topological polar surface area (TPSA) is 41.1 Å². The van der Waals surface area contributed by atoms with Crippen LogP contribution in [0.15, 0.2) is 121 Å². The van der Waals surface area contributed by atoms with Crippen LogP contribution in [-0.2, 0) is 4.79 Å². The summed E-state index contributed by atoms with van der Waals surface area (Å²) in [6.07, 6.45) is 0.831. The first-order chi connectivity index (χ1) is 15.8. The van der Waals surface area contributed by atoms with E-state index in [2.05, 4.69) is 34.9 Å². The van der Waals surface area contributed by atoms with Crippen molar-refractivity contribution in [2.75, 3.05) is 10.6 Å². The predicted molar refractivity (Wildman–Crippen MR) is 133 cm³/mol. The van der Waals surface area contributed by atoms with Crippen LogP contribution in [0.4, 0.5) is 11.4 Å². The molecule has 0 saturated carbocycles. The molecule has 0 saturated heterocycles. The van der Waals surface area contributed by atoms with Gasteiger partial charge in [-0.25, -0.2) is 0 Å². The fraction of sp³-hybridized carbons (Fsp3) is 0.138. The molecular weight excluding hydrogens is 392 g/mol. The molecule has 4 aromatic rings. The molecule has 0 spiro atoms. The number of nitrogens with one attached hydrogen (secondary N) is 2. The fourth-order valence-electron chi connectivity index (χ4n) is 3.88. The van der Waals surface area contributed by atoms with E-state index < -0.39 is 0 Å². The maximum absolute atomic E-state index is 13.3. The van der Waals surface area contributed by atoms with E-state index in [1.807, 2.05) is 97.1 Å². The molecule has 0 unspecified atom stereocenters. The van der Waals surface area contributed by atoms with Crippen LogP contribution in [-0.4, -0.2) is 5.78 Å². The molecule has 3 nitrogen and oxygen atoms in total. The molecule has 0 aliphatic heterocycles. The summed E-state index contributed by atoms with van der Waals surface area (Å²) in [7, 11) is 0. The zero-order valence-electron chi connectivity index (χ0n) is 18.0. The predicted octanol–water partition coefficient (Wildman–Crippen LogP) is 7.04. The number of benzene rings is 4. The van der Waals surface area contributed by atoms with Gasteiger partial charge in [-0.1, -0.05) is 97.1 Å². The molecule has 4 rings (SSSR count). The summed E-state index contributed by atoms with van der Waals surface area (Å²) in [5.74, 6) is 0.208. The first-order valence-electron chi connectivity index (χ1n) is 11.0. The number of rotatable bonds is 10. The van der Waals surface area contributed by atoms with Crippen LogP contribution in [0.2, 0.25) is 0 Å². The third-order valence-corrected chi connectivity index (χ3v) is 5.50. The average Bonchev–Trinajstić information content (AvgIpc) is 2.86. The Labute approximate surface area is 190 Å². The van der Waals surface area contributed by atoms with Gasteiger partial charge in [-0.2, -0.15) is 0 Å². The maximum Gasteiger partial charge on any atom is 0.137 e. The first-order valence-corrected chi connectivity index (χ1v) is 11.0. The van der Waals surface area contributed by atoms with E-state index in [9.17, 15) is 4.79 Å². The summed E-state index contributed by atoms with van der Waals surface area (Å²) < 4.78 is 0. The minimum atomic E-state index is -0.0840. The van der Waals surface area contributed by atoms with Crippen molar-refractivity contribution in [2.45, 2.75) is 24.9 Å². The highest BCUT2D eigenvalue weighted by Crippen LogP contribution is 2.27. The van der Waals surface area contributed by atoms with Crippen LogP contribution in [0.25, 0.3) is 0 Å². The standard InChI is InChI=1S/C29H28N2O/c32-27(21-28(23-13-5-1-6-14-23)30-25-17-9-3-10-18-25)22-29(24-15-7-2-8-16-24)31-26-19-11-4-12-20-26/h1-20,28-31H,21-22H2/t28-,29-/m0/s1. The van der Waals surface area contributed by atoms with Gasteiger partial charge in [-0.15, -0.1) is 0 Å². The molecule has 0 aliphatic carbocycles. The van der Waals surface area contributed by atoms with Gasteiger partial charge in [-0.3, -0.25) is 4.79 Å². The highest BCUT2D eigenvalue weighted by Gasteiger charge is 2.21. The SMILES string of the molecule is O=C(C[C@H](Nc1ccccc1)c1ccccc1)C[C@H](Nc1ccccc1)c1ccccc1. The Morgan fingerprint density at radius 1 is 0.500 bits per heavy atom. The largest absolute Gasteiger partial charge is 0.378 e. The molecule has 0 fully saturated rings. The lowest BCUT2D eigenvalue weighted by Gasteiger charge is -2.23. The van der Waals surface area contributed by atoms with Gasteiger partial charge >= 0.3 is 0 Å². The van der Waals surface area contributed by atoms with Gasteiger partial charge in [0.2, 0.25) is 0 Å². The van der Waals surface area contributed by atoms with E-state index in [0.29, 0.717) is 12.8 Å². The van der Waals surface area contributed by atoms with E-state index in [1.54, 1.807) is 0 Å². The molecule has 4 aromatic carbocycles. The zero-order valence-corrected chi connectivity index (χ0v) is 18.0. The van der Waals surface area contributed by atoms with E-state index in [4.69, 9.17) is 0 Å². The minimum Gasteiger partial charge on any atom is -0.378 e. The Hall–Kier alpha value is -3.85. The number of hydrogen-bond acceptors (Lipinski definition) is 3. The van der Waals surface area contributed by atoms with Crippen molar-refractivity contribution in [1.82, 2.24) is 0 Å². The van der Waals surface area contributed by atoms with Gasteiger partial charge in [0.05, 0.1) is 12.1 Å². The van der Waals surface area contributed by atoms with Crippen molar-refractivity contribution < 1.29 is 4.79 Å². The first kappa shape index (κ1) is 21.4. The number of ketones is 1. The van der Waals surface area contributed by atoms with Crippen LogP contribution in [0.3, 0.4) is 0 Å². The molecule has 0 radical (unpaired) electrons. The summed E-state index contributed by atoms with van der Waals surface area (Å²) in [4.78, 5) is 13.3. The molecule has 0 aromatic heterocycles. The van der Waals surface area contributed by atoms with E-state index in [0.717, 1.165) is 22.5 Å². The second-order valence-corrected chi connectivity index (χ2v) is 7.89. The molecule has 2 N–H and O–H groups in total. The van der Waals surface area contributed by atoms with Crippen molar-refractivity contribution in [1.29, 1.82) is 0 Å². The molecule has 3 heteroatoms. The highest BCUT2D eigenvalue weighted by atomic mass is 16.1. The van der Waals surface area contributed by atoms with Crippen molar-refractivity contribution >= 4 is 17.2 Å². The van der Waals surface area contributed by atoms with Crippen molar-refractivity contribution in [3.8, 4) is 0 Å². The molecule has 0 amide bonds. The molecule has 160 valence electrons. The molecule has 0 aliphatic rings. The van der Waals surface area contributed by atoms with Gasteiger partial charge in [-0.05, 0) is 35.4 Å². The Balaban J connectivity index is 1.51. The number of Topliss-reactive ketones (excluding diaryl/α,β-unsaturated/α-hetero) is 1. The zero-order chi connectivity index (χ0) is 22.0.